The first-order chi connectivity index (χ1) is 13.4. The molecule has 0 unspecified atom stereocenters. The molecule has 3 atom stereocenters. The number of benzene rings is 1. The predicted octanol–water partition coefficient (Wildman–Crippen LogP) is 4.71. The number of ether oxygens (including phenoxy) is 1. The minimum atomic E-state index is -4.39. The Morgan fingerprint density at radius 3 is 2.32 bits per heavy atom. The van der Waals surface area contributed by atoms with Crippen molar-refractivity contribution in [3.63, 3.8) is 0 Å². The number of hydrogen-bond donors (Lipinski definition) is 1. The highest BCUT2D eigenvalue weighted by molar-refractivity contribution is 5.90. The van der Waals surface area contributed by atoms with E-state index in [4.69, 9.17) is 4.74 Å². The first kappa shape index (κ1) is 18.6. The summed E-state index contributed by atoms with van der Waals surface area (Å²) in [5.41, 5.74) is -0.387. The molecular formula is C20H20F3N3O2. The van der Waals surface area contributed by atoms with Crippen LogP contribution in [-0.4, -0.2) is 34.1 Å². The quantitative estimate of drug-likeness (QED) is 0.825. The maximum atomic E-state index is 12.7. The summed E-state index contributed by atoms with van der Waals surface area (Å²) < 4.78 is 43.9. The first-order valence-electron chi connectivity index (χ1n) is 9.24. The number of alkyl halides is 3. The Balaban J connectivity index is 1.38. The van der Waals surface area contributed by atoms with E-state index in [1.165, 1.54) is 12.1 Å². The van der Waals surface area contributed by atoms with Gasteiger partial charge in [-0.25, -0.2) is 9.78 Å². The van der Waals surface area contributed by atoms with E-state index < -0.39 is 11.7 Å². The number of pyridine rings is 1. The summed E-state index contributed by atoms with van der Waals surface area (Å²) in [6, 6.07) is 9.83. The zero-order valence-electron chi connectivity index (χ0n) is 15.0. The van der Waals surface area contributed by atoms with Gasteiger partial charge >= 0.3 is 12.2 Å². The molecule has 2 aliphatic heterocycles. The van der Waals surface area contributed by atoms with Gasteiger partial charge in [0.2, 0.25) is 5.88 Å². The second-order valence-corrected chi connectivity index (χ2v) is 7.18. The molecule has 2 fully saturated rings. The molecule has 2 aliphatic rings. The summed E-state index contributed by atoms with van der Waals surface area (Å²) >= 11 is 0. The molecule has 1 aromatic heterocycles. The fraction of sp³-hybridized carbons (Fsp3) is 0.400. The van der Waals surface area contributed by atoms with Gasteiger partial charge in [0.15, 0.2) is 0 Å². The van der Waals surface area contributed by atoms with E-state index in [1.807, 2.05) is 23.1 Å². The third kappa shape index (κ3) is 3.90. The number of anilines is 1. The van der Waals surface area contributed by atoms with Gasteiger partial charge in [0.05, 0.1) is 5.56 Å². The number of urea groups is 1. The smallest absolute Gasteiger partial charge is 0.416 e. The molecule has 0 aliphatic carbocycles. The average Bonchev–Trinajstić information content (AvgIpc) is 2.93. The molecule has 2 aromatic rings. The van der Waals surface area contributed by atoms with Crippen molar-refractivity contribution in [2.75, 3.05) is 5.32 Å². The van der Waals surface area contributed by atoms with Crippen LogP contribution in [0, 0.1) is 0 Å². The Labute approximate surface area is 160 Å². The number of nitrogens with one attached hydrogen (secondary N) is 1. The molecule has 1 aromatic carbocycles. The summed E-state index contributed by atoms with van der Waals surface area (Å²) in [5, 5.41) is 2.72. The molecule has 0 radical (unpaired) electrons. The third-order valence-electron chi connectivity index (χ3n) is 5.31. The summed E-state index contributed by atoms with van der Waals surface area (Å²) in [7, 11) is 0. The maximum Gasteiger partial charge on any atom is 0.416 e. The summed E-state index contributed by atoms with van der Waals surface area (Å²) in [5.74, 6) is 0.578. The number of piperidine rings is 1. The van der Waals surface area contributed by atoms with Gasteiger partial charge in [0, 0.05) is 42.9 Å². The van der Waals surface area contributed by atoms with E-state index in [-0.39, 0.29) is 24.2 Å². The fourth-order valence-electron chi connectivity index (χ4n) is 4.07. The van der Waals surface area contributed by atoms with Crippen LogP contribution in [-0.2, 0) is 6.18 Å². The Kier molecular flexibility index (Phi) is 4.87. The molecule has 2 amide bonds. The van der Waals surface area contributed by atoms with Crippen molar-refractivity contribution in [2.45, 2.75) is 50.0 Å². The van der Waals surface area contributed by atoms with Gasteiger partial charge in [-0.15, -0.1) is 0 Å². The summed E-state index contributed by atoms with van der Waals surface area (Å²) in [4.78, 5) is 18.7. The maximum absolute atomic E-state index is 12.7. The molecule has 28 heavy (non-hydrogen) atoms. The zero-order valence-corrected chi connectivity index (χ0v) is 15.0. The van der Waals surface area contributed by atoms with Gasteiger partial charge < -0.3 is 15.0 Å². The minimum Gasteiger partial charge on any atom is -0.474 e. The number of halogens is 3. The number of hydrogen-bond acceptors (Lipinski definition) is 3. The van der Waals surface area contributed by atoms with Gasteiger partial charge in [0.25, 0.3) is 0 Å². The van der Waals surface area contributed by atoms with Crippen LogP contribution < -0.4 is 10.1 Å². The normalized spacial score (nSPS) is 24.1. The van der Waals surface area contributed by atoms with Crippen LogP contribution in [0.25, 0.3) is 0 Å². The molecule has 2 bridgehead atoms. The van der Waals surface area contributed by atoms with Crippen molar-refractivity contribution in [3.05, 3.63) is 54.2 Å². The molecule has 0 saturated carbocycles. The van der Waals surface area contributed by atoms with Crippen molar-refractivity contribution in [1.82, 2.24) is 9.88 Å². The number of aromatic nitrogens is 1. The Hall–Kier alpha value is -2.77. The molecule has 3 heterocycles. The molecular weight excluding hydrogens is 371 g/mol. The molecule has 0 spiro atoms. The van der Waals surface area contributed by atoms with Crippen LogP contribution in [0.15, 0.2) is 48.7 Å². The van der Waals surface area contributed by atoms with Crippen molar-refractivity contribution in [3.8, 4) is 5.88 Å². The Morgan fingerprint density at radius 1 is 1.07 bits per heavy atom. The summed E-state index contributed by atoms with van der Waals surface area (Å²) in [6.45, 7) is 0. The molecule has 8 heteroatoms. The van der Waals surface area contributed by atoms with Crippen molar-refractivity contribution in [1.29, 1.82) is 0 Å². The fourth-order valence-corrected chi connectivity index (χ4v) is 4.07. The third-order valence-corrected chi connectivity index (χ3v) is 5.31. The van der Waals surface area contributed by atoms with E-state index in [0.29, 0.717) is 24.4 Å². The van der Waals surface area contributed by atoms with E-state index in [9.17, 15) is 18.0 Å². The highest BCUT2D eigenvalue weighted by Crippen LogP contribution is 2.37. The second kappa shape index (κ2) is 7.33. The van der Waals surface area contributed by atoms with E-state index in [1.54, 1.807) is 6.20 Å². The number of carbonyl (C=O) groups excluding carboxylic acids is 1. The van der Waals surface area contributed by atoms with Crippen LogP contribution in [0.4, 0.5) is 23.7 Å². The lowest BCUT2D eigenvalue weighted by Crippen LogP contribution is -2.50. The topological polar surface area (TPSA) is 54.5 Å². The Morgan fingerprint density at radius 2 is 1.75 bits per heavy atom. The van der Waals surface area contributed by atoms with E-state index in [0.717, 1.165) is 25.0 Å². The van der Waals surface area contributed by atoms with Crippen LogP contribution in [0.2, 0.25) is 0 Å². The van der Waals surface area contributed by atoms with Crippen molar-refractivity contribution < 1.29 is 22.7 Å². The number of amides is 2. The van der Waals surface area contributed by atoms with Crippen LogP contribution in [0.1, 0.15) is 31.2 Å². The van der Waals surface area contributed by atoms with Crippen molar-refractivity contribution >= 4 is 11.7 Å². The lowest BCUT2D eigenvalue weighted by molar-refractivity contribution is -0.137. The van der Waals surface area contributed by atoms with E-state index in [2.05, 4.69) is 10.3 Å². The monoisotopic (exact) mass is 391 g/mol. The molecule has 1 N–H and O–H groups in total. The minimum absolute atomic E-state index is 0.00233. The van der Waals surface area contributed by atoms with Crippen molar-refractivity contribution in [2.24, 2.45) is 0 Å². The van der Waals surface area contributed by atoms with Crippen LogP contribution in [0.3, 0.4) is 0 Å². The highest BCUT2D eigenvalue weighted by atomic mass is 19.4. The number of fused-ring (bicyclic) bond motifs is 2. The molecule has 148 valence electrons. The standard InChI is InChI=1S/C20H20F3N3O2/c21-20(22,23)13-4-6-14(7-5-13)25-19(27)26-15-8-9-16(26)12-17(11-15)28-18-3-1-2-10-24-18/h1-7,10,15-17H,8-9,11-12H2,(H,25,27)/t15-,16+,17+. The van der Waals surface area contributed by atoms with Gasteiger partial charge in [-0.05, 0) is 43.2 Å². The first-order valence-corrected chi connectivity index (χ1v) is 9.24. The van der Waals surface area contributed by atoms with Crippen LogP contribution >= 0.6 is 0 Å². The Bertz CT molecular complexity index is 813. The SMILES string of the molecule is O=C(Nc1ccc(C(F)(F)F)cc1)N1[C@@H]2CC[C@H]1C[C@@H](Oc1ccccn1)C2. The number of nitrogens with zero attached hydrogens (tertiary/aromatic N) is 2. The zero-order chi connectivity index (χ0) is 19.7. The number of carbonyl (C=O) groups is 1. The molecule has 4 rings (SSSR count). The van der Waals surface area contributed by atoms with Gasteiger partial charge in [-0.1, -0.05) is 6.07 Å². The second-order valence-electron chi connectivity index (χ2n) is 7.18. The lowest BCUT2D eigenvalue weighted by Gasteiger charge is -2.38. The molecule has 5 nitrogen and oxygen atoms in total. The van der Waals surface area contributed by atoms with Gasteiger partial charge in [-0.2, -0.15) is 13.2 Å². The van der Waals surface area contributed by atoms with Gasteiger partial charge in [-0.3, -0.25) is 0 Å². The average molecular weight is 391 g/mol. The largest absolute Gasteiger partial charge is 0.474 e. The summed E-state index contributed by atoms with van der Waals surface area (Å²) in [6.07, 6.45) is 0.511. The highest BCUT2D eigenvalue weighted by Gasteiger charge is 2.44. The van der Waals surface area contributed by atoms with Gasteiger partial charge in [0.1, 0.15) is 6.10 Å². The molecule has 2 saturated heterocycles. The van der Waals surface area contributed by atoms with Crippen LogP contribution in [0.5, 0.6) is 5.88 Å². The lowest BCUT2D eigenvalue weighted by atomic mass is 10.00. The number of rotatable bonds is 3. The van der Waals surface area contributed by atoms with E-state index >= 15 is 0 Å². The predicted molar refractivity (Wildman–Crippen MR) is 97.0 cm³/mol.